The number of rotatable bonds is 5. The molecule has 0 amide bonds. The van der Waals surface area contributed by atoms with Gasteiger partial charge in [-0.3, -0.25) is 0 Å². The molecule has 112 valence electrons. The number of benzene rings is 2. The first-order chi connectivity index (χ1) is 10.0. The lowest BCUT2D eigenvalue weighted by atomic mass is 10.1. The number of hydrogen-bond acceptors (Lipinski definition) is 2. The molecule has 0 unspecified atom stereocenters. The molecule has 0 aliphatic heterocycles. The van der Waals surface area contributed by atoms with Crippen molar-refractivity contribution in [2.75, 3.05) is 19.0 Å². The zero-order chi connectivity index (χ0) is 15.4. The number of halogens is 3. The van der Waals surface area contributed by atoms with Crippen molar-refractivity contribution in [3.8, 4) is 0 Å². The molecule has 1 N–H and O–H groups in total. The lowest BCUT2D eigenvalue weighted by molar-refractivity contribution is 0.571. The van der Waals surface area contributed by atoms with Gasteiger partial charge in [0.25, 0.3) is 0 Å². The Bertz CT molecular complexity index is 608. The normalized spacial score (nSPS) is 10.7. The van der Waals surface area contributed by atoms with Gasteiger partial charge in [0.2, 0.25) is 0 Å². The summed E-state index contributed by atoms with van der Waals surface area (Å²) in [6.07, 6.45) is 0. The van der Waals surface area contributed by atoms with Gasteiger partial charge in [0.05, 0.1) is 0 Å². The van der Waals surface area contributed by atoms with Crippen LogP contribution >= 0.6 is 11.6 Å². The Balaban J connectivity index is 2.27. The van der Waals surface area contributed by atoms with Crippen molar-refractivity contribution in [1.82, 2.24) is 5.32 Å². The summed E-state index contributed by atoms with van der Waals surface area (Å²) in [6.45, 7) is 0.751. The average Bonchev–Trinajstić information content (AvgIpc) is 2.41. The Morgan fingerprint density at radius 3 is 2.33 bits per heavy atom. The van der Waals surface area contributed by atoms with Crippen LogP contribution in [0.15, 0.2) is 36.4 Å². The fraction of sp³-hybridized carbons (Fsp3) is 0.250. The van der Waals surface area contributed by atoms with Gasteiger partial charge in [-0.25, -0.2) is 8.78 Å². The minimum absolute atomic E-state index is 0.0465. The van der Waals surface area contributed by atoms with Crippen LogP contribution in [0.25, 0.3) is 0 Å². The van der Waals surface area contributed by atoms with E-state index < -0.39 is 11.6 Å². The van der Waals surface area contributed by atoms with Crippen molar-refractivity contribution in [1.29, 1.82) is 0 Å². The van der Waals surface area contributed by atoms with E-state index in [9.17, 15) is 8.78 Å². The molecule has 2 rings (SSSR count). The van der Waals surface area contributed by atoms with E-state index in [1.165, 1.54) is 17.0 Å². The first-order valence-corrected chi connectivity index (χ1v) is 6.97. The number of nitrogens with one attached hydrogen (secondary N) is 1. The first-order valence-electron chi connectivity index (χ1n) is 6.60. The van der Waals surface area contributed by atoms with Gasteiger partial charge >= 0.3 is 0 Å². The standard InChI is InChI=1S/C16H17ClF2N2/c1-20-9-11-7-14(18)16(15(19)8-11)21(2)10-12-5-3-4-6-13(12)17/h3-8,20H,9-10H2,1-2H3. The molecule has 0 saturated heterocycles. The molecule has 0 aliphatic rings. The van der Waals surface area contributed by atoms with E-state index in [1.54, 1.807) is 20.2 Å². The molecule has 0 atom stereocenters. The van der Waals surface area contributed by atoms with E-state index in [1.807, 2.05) is 18.2 Å². The molecule has 0 fully saturated rings. The molecule has 0 aliphatic carbocycles. The molecule has 0 spiro atoms. The van der Waals surface area contributed by atoms with Crippen LogP contribution in [0.3, 0.4) is 0 Å². The highest BCUT2D eigenvalue weighted by molar-refractivity contribution is 6.31. The molecule has 0 bridgehead atoms. The van der Waals surface area contributed by atoms with Crippen molar-refractivity contribution < 1.29 is 8.78 Å². The number of nitrogens with zero attached hydrogens (tertiary/aromatic N) is 1. The van der Waals surface area contributed by atoms with Crippen molar-refractivity contribution in [3.63, 3.8) is 0 Å². The SMILES string of the molecule is CNCc1cc(F)c(N(C)Cc2ccccc2Cl)c(F)c1. The molecular formula is C16H17ClF2N2. The zero-order valence-corrected chi connectivity index (χ0v) is 12.7. The molecule has 0 radical (unpaired) electrons. The van der Waals surface area contributed by atoms with Crippen LogP contribution in [-0.2, 0) is 13.1 Å². The third-order valence-corrected chi connectivity index (χ3v) is 3.57. The maximum absolute atomic E-state index is 14.1. The van der Waals surface area contributed by atoms with Crippen molar-refractivity contribution in [2.24, 2.45) is 0 Å². The maximum Gasteiger partial charge on any atom is 0.149 e. The molecule has 2 aromatic rings. The summed E-state index contributed by atoms with van der Waals surface area (Å²) in [5, 5.41) is 3.45. The van der Waals surface area contributed by atoms with Crippen LogP contribution in [0, 0.1) is 11.6 Å². The summed E-state index contributed by atoms with van der Waals surface area (Å²) in [5.74, 6) is -1.15. The van der Waals surface area contributed by atoms with Crippen LogP contribution < -0.4 is 10.2 Å². The number of anilines is 1. The third-order valence-electron chi connectivity index (χ3n) is 3.20. The summed E-state index contributed by atoms with van der Waals surface area (Å²) in [5.41, 5.74) is 1.34. The molecule has 2 nitrogen and oxygen atoms in total. The summed E-state index contributed by atoms with van der Waals surface area (Å²) >= 11 is 6.08. The quantitative estimate of drug-likeness (QED) is 0.899. The highest BCUT2D eigenvalue weighted by Crippen LogP contribution is 2.27. The first kappa shape index (κ1) is 15.7. The third kappa shape index (κ3) is 3.71. The Labute approximate surface area is 128 Å². The largest absolute Gasteiger partial charge is 0.365 e. The van der Waals surface area contributed by atoms with Gasteiger partial charge in [-0.15, -0.1) is 0 Å². The topological polar surface area (TPSA) is 15.3 Å². The van der Waals surface area contributed by atoms with Crippen LogP contribution in [0.4, 0.5) is 14.5 Å². The van der Waals surface area contributed by atoms with Crippen LogP contribution in [0.1, 0.15) is 11.1 Å². The number of hydrogen-bond donors (Lipinski definition) is 1. The van der Waals surface area contributed by atoms with Gasteiger partial charge in [0, 0.05) is 25.2 Å². The van der Waals surface area contributed by atoms with E-state index >= 15 is 0 Å². The second kappa shape index (κ2) is 6.87. The lowest BCUT2D eigenvalue weighted by Gasteiger charge is -2.22. The highest BCUT2D eigenvalue weighted by Gasteiger charge is 2.16. The van der Waals surface area contributed by atoms with E-state index in [0.29, 0.717) is 23.7 Å². The average molecular weight is 311 g/mol. The lowest BCUT2D eigenvalue weighted by Crippen LogP contribution is -2.20. The van der Waals surface area contributed by atoms with Crippen molar-refractivity contribution in [2.45, 2.75) is 13.1 Å². The minimum atomic E-state index is -0.574. The van der Waals surface area contributed by atoms with Gasteiger partial charge in [-0.1, -0.05) is 29.8 Å². The molecular weight excluding hydrogens is 294 g/mol. The van der Waals surface area contributed by atoms with Gasteiger partial charge in [0.1, 0.15) is 17.3 Å². The van der Waals surface area contributed by atoms with Crippen LogP contribution in [-0.4, -0.2) is 14.1 Å². The highest BCUT2D eigenvalue weighted by atomic mass is 35.5. The summed E-state index contributed by atoms with van der Waals surface area (Å²) in [4.78, 5) is 1.52. The molecule has 2 aromatic carbocycles. The van der Waals surface area contributed by atoms with Gasteiger partial charge < -0.3 is 10.2 Å². The van der Waals surface area contributed by atoms with Crippen molar-refractivity contribution in [3.05, 3.63) is 64.2 Å². The second-order valence-corrected chi connectivity index (χ2v) is 5.29. The Hall–Kier alpha value is -1.65. The summed E-state index contributed by atoms with van der Waals surface area (Å²) < 4.78 is 28.3. The Kier molecular flexibility index (Phi) is 5.15. The monoisotopic (exact) mass is 310 g/mol. The second-order valence-electron chi connectivity index (χ2n) is 4.89. The van der Waals surface area contributed by atoms with Crippen molar-refractivity contribution >= 4 is 17.3 Å². The molecule has 5 heteroatoms. The summed E-state index contributed by atoms with van der Waals surface area (Å²) in [6, 6.07) is 9.95. The maximum atomic E-state index is 14.1. The van der Waals surface area contributed by atoms with Crippen LogP contribution in [0.5, 0.6) is 0 Å². The van der Waals surface area contributed by atoms with E-state index in [4.69, 9.17) is 11.6 Å². The van der Waals surface area contributed by atoms with E-state index in [2.05, 4.69) is 5.32 Å². The fourth-order valence-corrected chi connectivity index (χ4v) is 2.45. The van der Waals surface area contributed by atoms with Gasteiger partial charge in [-0.2, -0.15) is 0 Å². The van der Waals surface area contributed by atoms with Crippen LogP contribution in [0.2, 0.25) is 5.02 Å². The predicted octanol–water partition coefficient (Wildman–Crippen LogP) is 3.97. The predicted molar refractivity (Wildman–Crippen MR) is 82.7 cm³/mol. The van der Waals surface area contributed by atoms with E-state index in [-0.39, 0.29) is 5.69 Å². The molecule has 0 saturated carbocycles. The zero-order valence-electron chi connectivity index (χ0n) is 12.0. The Morgan fingerprint density at radius 2 is 1.76 bits per heavy atom. The Morgan fingerprint density at radius 1 is 1.14 bits per heavy atom. The fourth-order valence-electron chi connectivity index (χ4n) is 2.25. The smallest absolute Gasteiger partial charge is 0.149 e. The van der Waals surface area contributed by atoms with Gasteiger partial charge in [0.15, 0.2) is 0 Å². The molecule has 21 heavy (non-hydrogen) atoms. The molecule has 0 heterocycles. The van der Waals surface area contributed by atoms with E-state index in [0.717, 1.165) is 5.56 Å². The molecule has 0 aromatic heterocycles. The van der Waals surface area contributed by atoms with Gasteiger partial charge in [-0.05, 0) is 36.4 Å². The summed E-state index contributed by atoms with van der Waals surface area (Å²) in [7, 11) is 3.37. The minimum Gasteiger partial charge on any atom is -0.365 e.